The smallest absolute Gasteiger partial charge is 0.317 e. The second-order valence-electron chi connectivity index (χ2n) is 5.30. The molecule has 7 heteroatoms. The molecule has 1 aromatic heterocycles. The fourth-order valence-electron chi connectivity index (χ4n) is 2.61. The zero-order chi connectivity index (χ0) is 15.2. The lowest BCUT2D eigenvalue weighted by molar-refractivity contribution is -0.137. The number of hydrogen-bond donors (Lipinski definition) is 2. The summed E-state index contributed by atoms with van der Waals surface area (Å²) in [5.74, 6) is -0.804. The van der Waals surface area contributed by atoms with Gasteiger partial charge in [-0.3, -0.25) is 4.79 Å². The number of carboxylic acid groups (broad SMARTS) is 1. The van der Waals surface area contributed by atoms with Gasteiger partial charge in [0, 0.05) is 23.9 Å². The van der Waals surface area contributed by atoms with Crippen LogP contribution in [-0.2, 0) is 11.3 Å². The van der Waals surface area contributed by atoms with Gasteiger partial charge in [-0.1, -0.05) is 0 Å². The molecule has 1 aliphatic rings. The first-order valence-corrected chi connectivity index (χ1v) is 8.11. The molecule has 116 valence electrons. The SMILES string of the molecule is Cc1ncsc1CNC(=O)N1CCCCC1CCC(=O)O. The molecule has 2 N–H and O–H groups in total. The number of piperidine rings is 1. The molecule has 1 aliphatic heterocycles. The molecule has 1 unspecified atom stereocenters. The molecule has 2 rings (SSSR count). The maximum absolute atomic E-state index is 12.3. The van der Waals surface area contributed by atoms with Crippen LogP contribution in [0.4, 0.5) is 4.79 Å². The maximum atomic E-state index is 12.3. The van der Waals surface area contributed by atoms with Gasteiger partial charge in [-0.15, -0.1) is 11.3 Å². The molecule has 0 saturated carbocycles. The van der Waals surface area contributed by atoms with Crippen molar-refractivity contribution in [1.29, 1.82) is 0 Å². The Labute approximate surface area is 128 Å². The second kappa shape index (κ2) is 7.40. The molecule has 6 nitrogen and oxygen atoms in total. The van der Waals surface area contributed by atoms with Crippen LogP contribution in [-0.4, -0.2) is 39.6 Å². The lowest BCUT2D eigenvalue weighted by atomic mass is 9.98. The van der Waals surface area contributed by atoms with Crippen LogP contribution < -0.4 is 5.32 Å². The lowest BCUT2D eigenvalue weighted by Crippen LogP contribution is -2.48. The normalized spacial score (nSPS) is 18.5. The fourth-order valence-corrected chi connectivity index (χ4v) is 3.33. The van der Waals surface area contributed by atoms with E-state index >= 15 is 0 Å². The van der Waals surface area contributed by atoms with E-state index in [0.29, 0.717) is 19.5 Å². The molecule has 0 aromatic carbocycles. The van der Waals surface area contributed by atoms with Crippen LogP contribution in [0.1, 0.15) is 42.7 Å². The average Bonchev–Trinajstić information content (AvgIpc) is 2.88. The summed E-state index contributed by atoms with van der Waals surface area (Å²) in [6, 6.07) is -0.0599. The molecule has 21 heavy (non-hydrogen) atoms. The highest BCUT2D eigenvalue weighted by Crippen LogP contribution is 2.21. The molecular weight excluding hydrogens is 290 g/mol. The number of likely N-dealkylation sites (tertiary alicyclic amines) is 1. The molecule has 1 atom stereocenters. The predicted octanol–water partition coefficient (Wildman–Crippen LogP) is 2.38. The van der Waals surface area contributed by atoms with Crippen molar-refractivity contribution in [2.45, 2.75) is 51.6 Å². The highest BCUT2D eigenvalue weighted by molar-refractivity contribution is 7.09. The number of nitrogens with one attached hydrogen (secondary N) is 1. The van der Waals surface area contributed by atoms with Gasteiger partial charge in [-0.05, 0) is 32.6 Å². The van der Waals surface area contributed by atoms with Gasteiger partial charge in [0.2, 0.25) is 0 Å². The average molecular weight is 311 g/mol. The number of amides is 2. The summed E-state index contributed by atoms with van der Waals surface area (Å²) in [5.41, 5.74) is 2.72. The number of rotatable bonds is 5. The van der Waals surface area contributed by atoms with E-state index in [1.165, 1.54) is 11.3 Å². The quantitative estimate of drug-likeness (QED) is 0.874. The summed E-state index contributed by atoms with van der Waals surface area (Å²) in [7, 11) is 0. The topological polar surface area (TPSA) is 82.5 Å². The van der Waals surface area contributed by atoms with Gasteiger partial charge in [0.25, 0.3) is 0 Å². The Morgan fingerprint density at radius 1 is 1.52 bits per heavy atom. The molecule has 0 bridgehead atoms. The van der Waals surface area contributed by atoms with E-state index in [-0.39, 0.29) is 18.5 Å². The Kier molecular flexibility index (Phi) is 5.55. The summed E-state index contributed by atoms with van der Waals surface area (Å²) >= 11 is 1.53. The maximum Gasteiger partial charge on any atom is 0.317 e. The third-order valence-electron chi connectivity index (χ3n) is 3.82. The van der Waals surface area contributed by atoms with Gasteiger partial charge in [-0.2, -0.15) is 0 Å². The highest BCUT2D eigenvalue weighted by atomic mass is 32.1. The Morgan fingerprint density at radius 2 is 2.33 bits per heavy atom. The zero-order valence-electron chi connectivity index (χ0n) is 12.2. The van der Waals surface area contributed by atoms with Crippen LogP contribution in [0.5, 0.6) is 0 Å². The number of carbonyl (C=O) groups is 2. The number of urea groups is 1. The molecule has 0 spiro atoms. The van der Waals surface area contributed by atoms with Crippen LogP contribution in [0.2, 0.25) is 0 Å². The van der Waals surface area contributed by atoms with Crippen LogP contribution in [0.3, 0.4) is 0 Å². The van der Waals surface area contributed by atoms with Crippen molar-refractivity contribution in [2.24, 2.45) is 0 Å². The van der Waals surface area contributed by atoms with E-state index in [2.05, 4.69) is 10.3 Å². The number of aliphatic carboxylic acids is 1. The van der Waals surface area contributed by atoms with Gasteiger partial charge < -0.3 is 15.3 Å². The molecule has 0 aliphatic carbocycles. The van der Waals surface area contributed by atoms with Gasteiger partial charge in [-0.25, -0.2) is 9.78 Å². The van der Waals surface area contributed by atoms with E-state index in [4.69, 9.17) is 5.11 Å². The van der Waals surface area contributed by atoms with Gasteiger partial charge in [0.05, 0.1) is 17.7 Å². The Hall–Kier alpha value is -1.63. The Morgan fingerprint density at radius 3 is 3.00 bits per heavy atom. The Balaban J connectivity index is 1.88. The first-order chi connectivity index (χ1) is 10.1. The standard InChI is InChI=1S/C14H21N3O3S/c1-10-12(21-9-16-10)8-15-14(20)17-7-3-2-4-11(17)5-6-13(18)19/h9,11H,2-8H2,1H3,(H,15,20)(H,18,19). The van der Waals surface area contributed by atoms with Gasteiger partial charge in [0.15, 0.2) is 0 Å². The third-order valence-corrected chi connectivity index (χ3v) is 4.76. The summed E-state index contributed by atoms with van der Waals surface area (Å²) in [6.45, 7) is 3.11. The summed E-state index contributed by atoms with van der Waals surface area (Å²) in [5, 5.41) is 11.7. The van der Waals surface area contributed by atoms with Crippen molar-refractivity contribution in [3.05, 3.63) is 16.1 Å². The third kappa shape index (κ3) is 4.42. The van der Waals surface area contributed by atoms with Crippen LogP contribution >= 0.6 is 11.3 Å². The second-order valence-corrected chi connectivity index (χ2v) is 6.23. The first-order valence-electron chi connectivity index (χ1n) is 7.23. The molecule has 2 heterocycles. The predicted molar refractivity (Wildman–Crippen MR) is 80.3 cm³/mol. The number of nitrogens with zero attached hydrogens (tertiary/aromatic N) is 2. The molecular formula is C14H21N3O3S. The fraction of sp³-hybridized carbons (Fsp3) is 0.643. The number of carbonyl (C=O) groups excluding carboxylic acids is 1. The number of thiazole rings is 1. The molecule has 1 fully saturated rings. The first kappa shape index (κ1) is 15.8. The Bertz CT molecular complexity index is 503. The van der Waals surface area contributed by atoms with E-state index in [0.717, 1.165) is 29.8 Å². The number of aryl methyl sites for hydroxylation is 1. The molecule has 2 amide bonds. The number of hydrogen-bond acceptors (Lipinski definition) is 4. The minimum atomic E-state index is -0.804. The van der Waals surface area contributed by atoms with E-state index in [9.17, 15) is 9.59 Å². The van der Waals surface area contributed by atoms with Crippen molar-refractivity contribution in [3.8, 4) is 0 Å². The summed E-state index contributed by atoms with van der Waals surface area (Å²) < 4.78 is 0. The zero-order valence-corrected chi connectivity index (χ0v) is 13.0. The monoisotopic (exact) mass is 311 g/mol. The highest BCUT2D eigenvalue weighted by Gasteiger charge is 2.26. The van der Waals surface area contributed by atoms with Crippen LogP contribution in [0, 0.1) is 6.92 Å². The minimum Gasteiger partial charge on any atom is -0.481 e. The van der Waals surface area contributed by atoms with Gasteiger partial charge >= 0.3 is 12.0 Å². The van der Waals surface area contributed by atoms with Crippen molar-refractivity contribution in [3.63, 3.8) is 0 Å². The summed E-state index contributed by atoms with van der Waals surface area (Å²) in [6.07, 6.45) is 3.57. The molecule has 1 aromatic rings. The van der Waals surface area contributed by atoms with E-state index in [1.807, 2.05) is 6.92 Å². The van der Waals surface area contributed by atoms with Gasteiger partial charge in [0.1, 0.15) is 0 Å². The van der Waals surface area contributed by atoms with E-state index in [1.54, 1.807) is 10.4 Å². The van der Waals surface area contributed by atoms with E-state index < -0.39 is 5.97 Å². The minimum absolute atomic E-state index is 0.0393. The lowest BCUT2D eigenvalue weighted by Gasteiger charge is -2.35. The largest absolute Gasteiger partial charge is 0.481 e. The molecule has 1 saturated heterocycles. The van der Waals surface area contributed by atoms with Crippen LogP contribution in [0.15, 0.2) is 5.51 Å². The number of carboxylic acids is 1. The summed E-state index contributed by atoms with van der Waals surface area (Å²) in [4.78, 5) is 30.0. The van der Waals surface area contributed by atoms with Crippen molar-refractivity contribution < 1.29 is 14.7 Å². The molecule has 0 radical (unpaired) electrons. The van der Waals surface area contributed by atoms with Crippen molar-refractivity contribution in [2.75, 3.05) is 6.54 Å². The van der Waals surface area contributed by atoms with Crippen molar-refractivity contribution in [1.82, 2.24) is 15.2 Å². The number of aromatic nitrogens is 1. The van der Waals surface area contributed by atoms with Crippen molar-refractivity contribution >= 4 is 23.3 Å². The van der Waals surface area contributed by atoms with Crippen LogP contribution in [0.25, 0.3) is 0 Å².